The van der Waals surface area contributed by atoms with Crippen molar-refractivity contribution in [2.24, 2.45) is 0 Å². The molecule has 1 unspecified atom stereocenters. The Balaban J connectivity index is 2.48. The van der Waals surface area contributed by atoms with E-state index in [1.165, 1.54) is 6.07 Å². The lowest BCUT2D eigenvalue weighted by atomic mass is 10.1. The van der Waals surface area contributed by atoms with Crippen molar-refractivity contribution in [3.05, 3.63) is 35.1 Å². The molecule has 0 bridgehead atoms. The molecule has 0 aliphatic rings. The highest BCUT2D eigenvalue weighted by Gasteiger charge is 2.08. The molecule has 1 aromatic rings. The SMILES string of the molecule is CSCCC(C)NC(=O)NCc1ccc(F)c(CN(C)C)c1. The van der Waals surface area contributed by atoms with Crippen LogP contribution in [0.1, 0.15) is 24.5 Å². The van der Waals surface area contributed by atoms with Crippen LogP contribution in [0.2, 0.25) is 0 Å². The van der Waals surface area contributed by atoms with E-state index in [0.29, 0.717) is 18.7 Å². The molecule has 22 heavy (non-hydrogen) atoms. The Morgan fingerprint density at radius 1 is 1.41 bits per heavy atom. The van der Waals surface area contributed by atoms with E-state index in [1.54, 1.807) is 23.9 Å². The maximum absolute atomic E-state index is 13.7. The van der Waals surface area contributed by atoms with Crippen LogP contribution in [0.15, 0.2) is 18.2 Å². The second-order valence-electron chi connectivity index (χ2n) is 5.67. The summed E-state index contributed by atoms with van der Waals surface area (Å²) in [6.07, 6.45) is 2.99. The van der Waals surface area contributed by atoms with E-state index in [1.807, 2.05) is 32.2 Å². The zero-order valence-corrected chi connectivity index (χ0v) is 14.6. The first-order chi connectivity index (χ1) is 10.4. The predicted octanol–water partition coefficient (Wildman–Crippen LogP) is 2.83. The van der Waals surface area contributed by atoms with Crippen molar-refractivity contribution in [2.45, 2.75) is 32.5 Å². The molecule has 0 saturated carbocycles. The number of thioether (sulfide) groups is 1. The fraction of sp³-hybridized carbons (Fsp3) is 0.562. The molecule has 2 amide bonds. The average molecular weight is 327 g/mol. The molecule has 0 aliphatic carbocycles. The van der Waals surface area contributed by atoms with E-state index in [9.17, 15) is 9.18 Å². The minimum Gasteiger partial charge on any atom is -0.336 e. The van der Waals surface area contributed by atoms with Crippen LogP contribution in [-0.4, -0.2) is 43.1 Å². The molecule has 2 N–H and O–H groups in total. The average Bonchev–Trinajstić information content (AvgIpc) is 2.45. The van der Waals surface area contributed by atoms with Crippen LogP contribution >= 0.6 is 11.8 Å². The molecule has 124 valence electrons. The van der Waals surface area contributed by atoms with Crippen molar-refractivity contribution in [1.82, 2.24) is 15.5 Å². The van der Waals surface area contributed by atoms with Crippen molar-refractivity contribution < 1.29 is 9.18 Å². The summed E-state index contributed by atoms with van der Waals surface area (Å²) in [6.45, 7) is 2.92. The number of carbonyl (C=O) groups is 1. The van der Waals surface area contributed by atoms with Gasteiger partial charge >= 0.3 is 6.03 Å². The zero-order chi connectivity index (χ0) is 16.5. The molecule has 0 spiro atoms. The standard InChI is InChI=1S/C16H26FN3OS/c1-12(7-8-22-4)19-16(21)18-10-13-5-6-15(17)14(9-13)11-20(2)3/h5-6,9,12H,7-8,10-11H2,1-4H3,(H2,18,19,21). The highest BCUT2D eigenvalue weighted by Crippen LogP contribution is 2.12. The van der Waals surface area contributed by atoms with Gasteiger partial charge < -0.3 is 15.5 Å². The maximum atomic E-state index is 13.7. The Morgan fingerprint density at radius 3 is 2.77 bits per heavy atom. The maximum Gasteiger partial charge on any atom is 0.315 e. The summed E-state index contributed by atoms with van der Waals surface area (Å²) in [6, 6.07) is 4.91. The summed E-state index contributed by atoms with van der Waals surface area (Å²) in [7, 11) is 3.79. The van der Waals surface area contributed by atoms with Crippen molar-refractivity contribution in [3.8, 4) is 0 Å². The van der Waals surface area contributed by atoms with Gasteiger partial charge in [0.1, 0.15) is 5.82 Å². The number of nitrogens with one attached hydrogen (secondary N) is 2. The minimum absolute atomic E-state index is 0.143. The number of amides is 2. The Kier molecular flexibility index (Phi) is 8.27. The highest BCUT2D eigenvalue weighted by molar-refractivity contribution is 7.98. The molecule has 1 aromatic carbocycles. The van der Waals surface area contributed by atoms with E-state index in [0.717, 1.165) is 17.7 Å². The van der Waals surface area contributed by atoms with Crippen LogP contribution in [0.4, 0.5) is 9.18 Å². The number of benzene rings is 1. The third-order valence-electron chi connectivity index (χ3n) is 3.18. The van der Waals surface area contributed by atoms with Crippen molar-refractivity contribution >= 4 is 17.8 Å². The molecular weight excluding hydrogens is 301 g/mol. The summed E-state index contributed by atoms with van der Waals surface area (Å²) in [5, 5.41) is 5.71. The van der Waals surface area contributed by atoms with Gasteiger partial charge in [0.2, 0.25) is 0 Å². The molecule has 0 fully saturated rings. The fourth-order valence-electron chi connectivity index (χ4n) is 2.02. The second kappa shape index (κ2) is 9.69. The minimum atomic E-state index is -0.215. The highest BCUT2D eigenvalue weighted by atomic mass is 32.2. The van der Waals surface area contributed by atoms with Gasteiger partial charge in [-0.3, -0.25) is 0 Å². The van der Waals surface area contributed by atoms with Crippen molar-refractivity contribution in [2.75, 3.05) is 26.1 Å². The number of carbonyl (C=O) groups excluding carboxylic acids is 1. The molecule has 1 atom stereocenters. The first-order valence-electron chi connectivity index (χ1n) is 7.37. The summed E-state index contributed by atoms with van der Waals surface area (Å²) in [5.41, 5.74) is 1.53. The number of hydrogen-bond donors (Lipinski definition) is 2. The van der Waals surface area contributed by atoms with Crippen LogP contribution < -0.4 is 10.6 Å². The van der Waals surface area contributed by atoms with E-state index in [4.69, 9.17) is 0 Å². The van der Waals surface area contributed by atoms with E-state index >= 15 is 0 Å². The number of rotatable bonds is 8. The number of halogens is 1. The van der Waals surface area contributed by atoms with Crippen molar-refractivity contribution in [3.63, 3.8) is 0 Å². The molecule has 0 aliphatic heterocycles. The van der Waals surface area contributed by atoms with Gasteiger partial charge in [-0.1, -0.05) is 6.07 Å². The third-order valence-corrected chi connectivity index (χ3v) is 3.83. The normalized spacial score (nSPS) is 12.3. The number of hydrogen-bond acceptors (Lipinski definition) is 3. The van der Waals surface area contributed by atoms with Gasteiger partial charge in [-0.25, -0.2) is 9.18 Å². The first kappa shape index (κ1) is 18.8. The molecule has 1 rings (SSSR count). The number of nitrogens with zero attached hydrogens (tertiary/aromatic N) is 1. The van der Waals surface area contributed by atoms with Crippen LogP contribution in [0.3, 0.4) is 0 Å². The second-order valence-corrected chi connectivity index (χ2v) is 6.66. The summed E-state index contributed by atoms with van der Waals surface area (Å²) in [5.74, 6) is 0.806. The Bertz CT molecular complexity index is 482. The molecule has 6 heteroatoms. The first-order valence-corrected chi connectivity index (χ1v) is 8.77. The molecular formula is C16H26FN3OS. The Labute approximate surface area is 136 Å². The van der Waals surface area contributed by atoms with Gasteiger partial charge in [-0.15, -0.1) is 0 Å². The third kappa shape index (κ3) is 7.13. The summed E-state index contributed by atoms with van der Waals surface area (Å²) in [4.78, 5) is 13.7. The molecule has 4 nitrogen and oxygen atoms in total. The zero-order valence-electron chi connectivity index (χ0n) is 13.8. The largest absolute Gasteiger partial charge is 0.336 e. The molecule has 0 aromatic heterocycles. The Morgan fingerprint density at radius 2 is 2.14 bits per heavy atom. The van der Waals surface area contributed by atoms with E-state index in [-0.39, 0.29) is 17.9 Å². The van der Waals surface area contributed by atoms with Gasteiger partial charge in [0.05, 0.1) is 0 Å². The summed E-state index contributed by atoms with van der Waals surface area (Å²) >= 11 is 1.76. The molecule has 0 radical (unpaired) electrons. The van der Waals surface area contributed by atoms with Gasteiger partial charge in [0.25, 0.3) is 0 Å². The van der Waals surface area contributed by atoms with Crippen LogP contribution in [-0.2, 0) is 13.1 Å². The predicted molar refractivity (Wildman–Crippen MR) is 91.6 cm³/mol. The molecule has 0 saturated heterocycles. The van der Waals surface area contributed by atoms with Crippen molar-refractivity contribution in [1.29, 1.82) is 0 Å². The fourth-order valence-corrected chi connectivity index (χ4v) is 2.61. The smallest absolute Gasteiger partial charge is 0.315 e. The lowest BCUT2D eigenvalue weighted by Gasteiger charge is -2.15. The monoisotopic (exact) mass is 327 g/mol. The van der Waals surface area contributed by atoms with Crippen LogP contribution in [0.5, 0.6) is 0 Å². The van der Waals surface area contributed by atoms with Gasteiger partial charge in [0, 0.05) is 24.7 Å². The van der Waals surface area contributed by atoms with E-state index < -0.39 is 0 Å². The lowest BCUT2D eigenvalue weighted by molar-refractivity contribution is 0.237. The number of urea groups is 1. The van der Waals surface area contributed by atoms with Crippen LogP contribution in [0.25, 0.3) is 0 Å². The Hall–Kier alpha value is -1.27. The summed E-state index contributed by atoms with van der Waals surface area (Å²) < 4.78 is 13.7. The molecule has 0 heterocycles. The van der Waals surface area contributed by atoms with Gasteiger partial charge in [0.15, 0.2) is 0 Å². The van der Waals surface area contributed by atoms with Crippen LogP contribution in [0, 0.1) is 5.82 Å². The quantitative estimate of drug-likeness (QED) is 0.772. The van der Waals surface area contributed by atoms with Gasteiger partial charge in [-0.05, 0) is 57.1 Å². The topological polar surface area (TPSA) is 44.4 Å². The lowest BCUT2D eigenvalue weighted by Crippen LogP contribution is -2.40. The van der Waals surface area contributed by atoms with Gasteiger partial charge in [-0.2, -0.15) is 11.8 Å². The van der Waals surface area contributed by atoms with E-state index in [2.05, 4.69) is 10.6 Å².